The molecule has 0 saturated carbocycles. The van der Waals surface area contributed by atoms with Crippen LogP contribution < -0.4 is 5.32 Å². The average Bonchev–Trinajstić information content (AvgIpc) is 2.55. The summed E-state index contributed by atoms with van der Waals surface area (Å²) in [5.41, 5.74) is 0.779. The second kappa shape index (κ2) is 8.60. The van der Waals surface area contributed by atoms with E-state index in [2.05, 4.69) is 5.32 Å². The topological polar surface area (TPSA) is 55.4 Å². The van der Waals surface area contributed by atoms with Crippen molar-refractivity contribution in [2.45, 2.75) is 11.8 Å². The van der Waals surface area contributed by atoms with Crippen LogP contribution in [0, 0.1) is 0 Å². The van der Waals surface area contributed by atoms with Gasteiger partial charge < -0.3 is 10.1 Å². The van der Waals surface area contributed by atoms with Crippen molar-refractivity contribution in [3.63, 3.8) is 0 Å². The third kappa shape index (κ3) is 5.01. The van der Waals surface area contributed by atoms with E-state index in [0.29, 0.717) is 16.3 Å². The lowest BCUT2D eigenvalue weighted by Gasteiger charge is -2.10. The lowest BCUT2D eigenvalue weighted by atomic mass is 10.2. The molecule has 0 bridgehead atoms. The molecule has 4 nitrogen and oxygen atoms in total. The van der Waals surface area contributed by atoms with Crippen molar-refractivity contribution in [3.05, 3.63) is 59.1 Å². The highest BCUT2D eigenvalue weighted by atomic mass is 35.5. The molecule has 0 heterocycles. The zero-order valence-electron chi connectivity index (χ0n) is 12.5. The number of hydrogen-bond donors (Lipinski definition) is 1. The number of benzene rings is 2. The predicted molar refractivity (Wildman–Crippen MR) is 93.2 cm³/mol. The number of carbonyl (C=O) groups excluding carboxylic acids is 2. The molecule has 0 aliphatic carbocycles. The second-order valence-corrected chi connectivity index (χ2v) is 5.96. The Morgan fingerprint density at radius 1 is 1.13 bits per heavy atom. The Hall–Kier alpha value is -1.98. The van der Waals surface area contributed by atoms with Gasteiger partial charge in [-0.05, 0) is 31.2 Å². The number of halogens is 1. The number of para-hydroxylation sites is 1. The maximum Gasteiger partial charge on any atom is 0.340 e. The fourth-order valence-electron chi connectivity index (χ4n) is 1.87. The molecule has 2 aromatic carbocycles. The Bertz CT molecular complexity index is 706. The van der Waals surface area contributed by atoms with Crippen LogP contribution in [-0.2, 0) is 9.53 Å². The van der Waals surface area contributed by atoms with Gasteiger partial charge in [-0.25, -0.2) is 4.79 Å². The normalized spacial score (nSPS) is 10.2. The van der Waals surface area contributed by atoms with Crippen molar-refractivity contribution >= 4 is 40.9 Å². The molecule has 1 amide bonds. The summed E-state index contributed by atoms with van der Waals surface area (Å²) in [4.78, 5) is 24.8. The van der Waals surface area contributed by atoms with E-state index in [4.69, 9.17) is 16.3 Å². The Labute approximate surface area is 144 Å². The van der Waals surface area contributed by atoms with E-state index in [1.54, 1.807) is 37.3 Å². The Kier molecular flexibility index (Phi) is 6.50. The first-order valence-corrected chi connectivity index (χ1v) is 8.41. The molecule has 0 aliphatic rings. The van der Waals surface area contributed by atoms with Gasteiger partial charge in [-0.1, -0.05) is 35.9 Å². The highest BCUT2D eigenvalue weighted by Crippen LogP contribution is 2.26. The minimum Gasteiger partial charge on any atom is -0.462 e. The van der Waals surface area contributed by atoms with Crippen molar-refractivity contribution in [2.75, 3.05) is 17.7 Å². The highest BCUT2D eigenvalue weighted by Gasteiger charge is 2.14. The number of rotatable bonds is 6. The zero-order valence-corrected chi connectivity index (χ0v) is 14.1. The summed E-state index contributed by atoms with van der Waals surface area (Å²) >= 11 is 7.39. The van der Waals surface area contributed by atoms with Crippen LogP contribution in [0.5, 0.6) is 0 Å². The maximum absolute atomic E-state index is 12.1. The molecule has 120 valence electrons. The molecule has 0 spiro atoms. The van der Waals surface area contributed by atoms with Gasteiger partial charge in [0.2, 0.25) is 5.91 Å². The minimum atomic E-state index is -0.456. The number of anilines is 1. The molecular formula is C17H16ClNO3S. The standard InChI is InChI=1S/C17H16ClNO3S/c1-2-22-17(21)12-7-3-5-9-14(12)19-16(20)11-23-15-10-6-4-8-13(15)18/h3-10H,2,11H2,1H3,(H,19,20). The fourth-order valence-corrected chi connectivity index (χ4v) is 2.91. The van der Waals surface area contributed by atoms with Gasteiger partial charge >= 0.3 is 5.97 Å². The molecule has 0 fully saturated rings. The molecule has 0 radical (unpaired) electrons. The average molecular weight is 350 g/mol. The van der Waals surface area contributed by atoms with Gasteiger partial charge in [0.1, 0.15) is 0 Å². The van der Waals surface area contributed by atoms with Crippen molar-refractivity contribution in [3.8, 4) is 0 Å². The SMILES string of the molecule is CCOC(=O)c1ccccc1NC(=O)CSc1ccccc1Cl. The van der Waals surface area contributed by atoms with Crippen LogP contribution in [0.25, 0.3) is 0 Å². The number of amides is 1. The van der Waals surface area contributed by atoms with Crippen LogP contribution in [0.1, 0.15) is 17.3 Å². The molecular weight excluding hydrogens is 334 g/mol. The summed E-state index contributed by atoms with van der Waals surface area (Å²) in [5, 5.41) is 3.34. The van der Waals surface area contributed by atoms with Gasteiger partial charge in [0, 0.05) is 4.90 Å². The number of hydrogen-bond acceptors (Lipinski definition) is 4. The Morgan fingerprint density at radius 2 is 1.83 bits per heavy atom. The first-order chi connectivity index (χ1) is 11.1. The summed E-state index contributed by atoms with van der Waals surface area (Å²) < 4.78 is 4.98. The first kappa shape index (κ1) is 17.4. The third-order valence-electron chi connectivity index (χ3n) is 2.89. The molecule has 0 unspecified atom stereocenters. The maximum atomic E-state index is 12.1. The quantitative estimate of drug-likeness (QED) is 0.625. The molecule has 0 aliphatic heterocycles. The molecule has 6 heteroatoms. The molecule has 0 saturated heterocycles. The van der Waals surface area contributed by atoms with E-state index in [1.807, 2.05) is 18.2 Å². The van der Waals surface area contributed by atoms with E-state index in [9.17, 15) is 9.59 Å². The van der Waals surface area contributed by atoms with Crippen LogP contribution in [-0.4, -0.2) is 24.2 Å². The van der Waals surface area contributed by atoms with Crippen LogP contribution in [0.2, 0.25) is 5.02 Å². The van der Waals surface area contributed by atoms with E-state index in [0.717, 1.165) is 4.90 Å². The second-order valence-electron chi connectivity index (χ2n) is 4.53. The summed E-state index contributed by atoms with van der Waals surface area (Å²) in [7, 11) is 0. The van der Waals surface area contributed by atoms with Crippen LogP contribution >= 0.6 is 23.4 Å². The summed E-state index contributed by atoms with van der Waals surface area (Å²) in [6, 6.07) is 14.1. The third-order valence-corrected chi connectivity index (χ3v) is 4.41. The van der Waals surface area contributed by atoms with E-state index >= 15 is 0 Å². The molecule has 0 atom stereocenters. The van der Waals surface area contributed by atoms with Gasteiger partial charge in [-0.15, -0.1) is 11.8 Å². The van der Waals surface area contributed by atoms with Gasteiger partial charge in [-0.2, -0.15) is 0 Å². The van der Waals surface area contributed by atoms with Crippen LogP contribution in [0.15, 0.2) is 53.4 Å². The summed E-state index contributed by atoms with van der Waals surface area (Å²) in [5.74, 6) is -0.477. The summed E-state index contributed by atoms with van der Waals surface area (Å²) in [6.07, 6.45) is 0. The number of carbonyl (C=O) groups is 2. The van der Waals surface area contributed by atoms with E-state index in [1.165, 1.54) is 11.8 Å². The lowest BCUT2D eigenvalue weighted by Crippen LogP contribution is -2.17. The number of esters is 1. The smallest absolute Gasteiger partial charge is 0.340 e. The molecule has 23 heavy (non-hydrogen) atoms. The van der Waals surface area contributed by atoms with Gasteiger partial charge in [0.05, 0.1) is 28.6 Å². The van der Waals surface area contributed by atoms with E-state index < -0.39 is 5.97 Å². The zero-order chi connectivity index (χ0) is 16.7. The molecule has 2 aromatic rings. The Balaban J connectivity index is 2.01. The summed E-state index contributed by atoms with van der Waals surface area (Å²) in [6.45, 7) is 2.02. The number of nitrogens with one attached hydrogen (secondary N) is 1. The predicted octanol–water partition coefficient (Wildman–Crippen LogP) is 4.25. The first-order valence-electron chi connectivity index (χ1n) is 7.05. The molecule has 1 N–H and O–H groups in total. The minimum absolute atomic E-state index is 0.195. The Morgan fingerprint density at radius 3 is 2.57 bits per heavy atom. The molecule has 0 aromatic heterocycles. The van der Waals surface area contributed by atoms with Crippen molar-refractivity contribution in [1.29, 1.82) is 0 Å². The lowest BCUT2D eigenvalue weighted by molar-refractivity contribution is -0.113. The van der Waals surface area contributed by atoms with Crippen molar-refractivity contribution < 1.29 is 14.3 Å². The fraction of sp³-hybridized carbons (Fsp3) is 0.176. The highest BCUT2D eigenvalue weighted by molar-refractivity contribution is 8.00. The van der Waals surface area contributed by atoms with Gasteiger partial charge in [0.25, 0.3) is 0 Å². The molecule has 2 rings (SSSR count). The number of ether oxygens (including phenoxy) is 1. The van der Waals surface area contributed by atoms with Crippen molar-refractivity contribution in [1.82, 2.24) is 0 Å². The number of thioether (sulfide) groups is 1. The van der Waals surface area contributed by atoms with Crippen molar-refractivity contribution in [2.24, 2.45) is 0 Å². The van der Waals surface area contributed by atoms with Crippen LogP contribution in [0.3, 0.4) is 0 Å². The van der Waals surface area contributed by atoms with Gasteiger partial charge in [-0.3, -0.25) is 4.79 Å². The van der Waals surface area contributed by atoms with Gasteiger partial charge in [0.15, 0.2) is 0 Å². The largest absolute Gasteiger partial charge is 0.462 e. The van der Waals surface area contributed by atoms with E-state index in [-0.39, 0.29) is 18.3 Å². The van der Waals surface area contributed by atoms with Crippen LogP contribution in [0.4, 0.5) is 5.69 Å². The monoisotopic (exact) mass is 349 g/mol.